The highest BCUT2D eigenvalue weighted by molar-refractivity contribution is 7.10. The number of nitrogens with zero attached hydrogens (tertiary/aromatic N) is 2. The molecule has 2 amide bonds. The summed E-state index contributed by atoms with van der Waals surface area (Å²) in [6.07, 6.45) is 1.13. The fraction of sp³-hybridized carbons (Fsp3) is 0.455. The maximum atomic E-state index is 13.3. The molecule has 1 atom stereocenters. The molecule has 1 unspecified atom stereocenters. The minimum Gasteiger partial charge on any atom is -0.333 e. The molecule has 2 heterocycles. The van der Waals surface area contributed by atoms with E-state index in [1.54, 1.807) is 16.2 Å². The van der Waals surface area contributed by atoms with E-state index in [1.807, 2.05) is 23.1 Å². The quantitative estimate of drug-likeness (QED) is 0.627. The molecule has 0 aliphatic carbocycles. The topological polar surface area (TPSA) is 40.6 Å². The summed E-state index contributed by atoms with van der Waals surface area (Å²) in [5, 5.41) is 2.10. The van der Waals surface area contributed by atoms with Gasteiger partial charge in [0.25, 0.3) is 0 Å². The van der Waals surface area contributed by atoms with Crippen molar-refractivity contribution in [2.75, 3.05) is 25.5 Å². The van der Waals surface area contributed by atoms with Gasteiger partial charge in [0.05, 0.1) is 12.6 Å². The van der Waals surface area contributed by atoms with Crippen LogP contribution in [-0.2, 0) is 16.0 Å². The van der Waals surface area contributed by atoms with Crippen LogP contribution in [0.25, 0.3) is 0 Å². The standard InChI is InChI=1S/C22H27ClN2O2S/c1-16(2)14-24(20(26)8-11-23)15-21(27)25-12-9-19-18(10-13-28-19)22(25)17-6-4-3-5-7-17/h3-7,10,13,16,22H,8-9,11-12,14-15H2,1-2H3. The van der Waals surface area contributed by atoms with E-state index in [1.165, 1.54) is 10.4 Å². The number of amides is 2. The first-order chi connectivity index (χ1) is 13.5. The fourth-order valence-corrected chi connectivity index (χ4v) is 4.83. The Balaban J connectivity index is 1.85. The highest BCUT2D eigenvalue weighted by Crippen LogP contribution is 2.37. The molecule has 0 fully saturated rings. The van der Waals surface area contributed by atoms with E-state index >= 15 is 0 Å². The molecule has 6 heteroatoms. The third kappa shape index (κ3) is 4.76. The molecule has 0 spiro atoms. The largest absolute Gasteiger partial charge is 0.333 e. The second kappa shape index (κ2) is 9.57. The van der Waals surface area contributed by atoms with Crippen molar-refractivity contribution in [3.05, 3.63) is 57.8 Å². The van der Waals surface area contributed by atoms with Crippen LogP contribution in [0.2, 0.25) is 0 Å². The number of hydrogen-bond acceptors (Lipinski definition) is 3. The number of hydrogen-bond donors (Lipinski definition) is 0. The van der Waals surface area contributed by atoms with Crippen molar-refractivity contribution in [2.24, 2.45) is 5.92 Å². The maximum Gasteiger partial charge on any atom is 0.242 e. The van der Waals surface area contributed by atoms with E-state index in [0.717, 1.165) is 12.0 Å². The second-order valence-electron chi connectivity index (χ2n) is 7.56. The average molecular weight is 419 g/mol. The van der Waals surface area contributed by atoms with Gasteiger partial charge in [-0.2, -0.15) is 0 Å². The van der Waals surface area contributed by atoms with Crippen molar-refractivity contribution < 1.29 is 9.59 Å². The first kappa shape index (κ1) is 20.9. The Morgan fingerprint density at radius 3 is 2.68 bits per heavy atom. The molecular weight excluding hydrogens is 392 g/mol. The van der Waals surface area contributed by atoms with Crippen molar-refractivity contribution in [3.8, 4) is 0 Å². The lowest BCUT2D eigenvalue weighted by Crippen LogP contribution is -2.47. The smallest absolute Gasteiger partial charge is 0.242 e. The Hall–Kier alpha value is -1.85. The predicted octanol–water partition coefficient (Wildman–Crippen LogP) is 4.34. The number of fused-ring (bicyclic) bond motifs is 1. The number of alkyl halides is 1. The molecular formula is C22H27ClN2O2S. The summed E-state index contributed by atoms with van der Waals surface area (Å²) in [4.78, 5) is 30.7. The van der Waals surface area contributed by atoms with Gasteiger partial charge in [-0.15, -0.1) is 22.9 Å². The number of halogens is 1. The molecule has 1 aliphatic heterocycles. The highest BCUT2D eigenvalue weighted by atomic mass is 35.5. The Morgan fingerprint density at radius 1 is 1.25 bits per heavy atom. The summed E-state index contributed by atoms with van der Waals surface area (Å²) in [5.41, 5.74) is 2.32. The number of thiophene rings is 1. The van der Waals surface area contributed by atoms with Gasteiger partial charge in [0.15, 0.2) is 0 Å². The van der Waals surface area contributed by atoms with E-state index in [4.69, 9.17) is 11.6 Å². The Labute approximate surface area is 176 Å². The lowest BCUT2D eigenvalue weighted by molar-refractivity contribution is -0.142. The number of carbonyl (C=O) groups excluding carboxylic acids is 2. The number of rotatable bonds is 7. The van der Waals surface area contributed by atoms with Gasteiger partial charge in [0.2, 0.25) is 11.8 Å². The average Bonchev–Trinajstić information content (AvgIpc) is 3.16. The molecule has 0 saturated heterocycles. The van der Waals surface area contributed by atoms with Crippen LogP contribution in [0.15, 0.2) is 41.8 Å². The van der Waals surface area contributed by atoms with Gasteiger partial charge in [-0.1, -0.05) is 44.2 Å². The van der Waals surface area contributed by atoms with Gasteiger partial charge < -0.3 is 9.80 Å². The SMILES string of the molecule is CC(C)CN(CC(=O)N1CCc2sccc2C1c1ccccc1)C(=O)CCCl. The molecule has 2 aromatic rings. The molecule has 0 saturated carbocycles. The monoisotopic (exact) mass is 418 g/mol. The Kier molecular flexibility index (Phi) is 7.13. The van der Waals surface area contributed by atoms with Gasteiger partial charge in [0, 0.05) is 30.3 Å². The zero-order chi connectivity index (χ0) is 20.1. The minimum absolute atomic E-state index is 0.00530. The van der Waals surface area contributed by atoms with Crippen LogP contribution < -0.4 is 0 Å². The molecule has 1 aromatic carbocycles. The van der Waals surface area contributed by atoms with Crippen LogP contribution in [-0.4, -0.2) is 47.1 Å². The van der Waals surface area contributed by atoms with Crippen LogP contribution in [0.4, 0.5) is 0 Å². The zero-order valence-corrected chi connectivity index (χ0v) is 18.0. The first-order valence-electron chi connectivity index (χ1n) is 9.75. The van der Waals surface area contributed by atoms with E-state index in [-0.39, 0.29) is 36.7 Å². The summed E-state index contributed by atoms with van der Waals surface area (Å²) in [7, 11) is 0. The van der Waals surface area contributed by atoms with Crippen LogP contribution >= 0.6 is 22.9 Å². The van der Waals surface area contributed by atoms with Crippen molar-refractivity contribution in [3.63, 3.8) is 0 Å². The molecule has 1 aliphatic rings. The van der Waals surface area contributed by atoms with Crippen LogP contribution in [0.3, 0.4) is 0 Å². The lowest BCUT2D eigenvalue weighted by atomic mass is 9.93. The predicted molar refractivity (Wildman–Crippen MR) is 115 cm³/mol. The first-order valence-corrected chi connectivity index (χ1v) is 11.2. The highest BCUT2D eigenvalue weighted by Gasteiger charge is 2.33. The van der Waals surface area contributed by atoms with Crippen molar-refractivity contribution in [1.82, 2.24) is 9.80 Å². The second-order valence-corrected chi connectivity index (χ2v) is 8.94. The Morgan fingerprint density at radius 2 is 2.00 bits per heavy atom. The summed E-state index contributed by atoms with van der Waals surface area (Å²) < 4.78 is 0. The van der Waals surface area contributed by atoms with Crippen molar-refractivity contribution in [1.29, 1.82) is 0 Å². The van der Waals surface area contributed by atoms with E-state index in [9.17, 15) is 9.59 Å². The summed E-state index contributed by atoms with van der Waals surface area (Å²) in [6.45, 7) is 5.45. The van der Waals surface area contributed by atoms with E-state index in [2.05, 4.69) is 37.4 Å². The lowest BCUT2D eigenvalue weighted by Gasteiger charge is -2.37. The third-order valence-corrected chi connectivity index (χ3v) is 6.16. The van der Waals surface area contributed by atoms with E-state index in [0.29, 0.717) is 19.0 Å². The minimum atomic E-state index is -0.0901. The van der Waals surface area contributed by atoms with Crippen LogP contribution in [0, 0.1) is 5.92 Å². The third-order valence-electron chi connectivity index (χ3n) is 4.97. The van der Waals surface area contributed by atoms with Gasteiger partial charge in [-0.25, -0.2) is 0 Å². The summed E-state index contributed by atoms with van der Waals surface area (Å²) in [5.74, 6) is 0.508. The number of carbonyl (C=O) groups is 2. The molecule has 150 valence electrons. The Bertz CT molecular complexity index is 806. The summed E-state index contributed by atoms with van der Waals surface area (Å²) >= 11 is 7.52. The van der Waals surface area contributed by atoms with Crippen LogP contribution in [0.5, 0.6) is 0 Å². The van der Waals surface area contributed by atoms with Crippen molar-refractivity contribution >= 4 is 34.8 Å². The number of benzene rings is 1. The van der Waals surface area contributed by atoms with Gasteiger partial charge >= 0.3 is 0 Å². The van der Waals surface area contributed by atoms with E-state index < -0.39 is 0 Å². The van der Waals surface area contributed by atoms with Crippen molar-refractivity contribution in [2.45, 2.75) is 32.7 Å². The zero-order valence-electron chi connectivity index (χ0n) is 16.4. The molecule has 3 rings (SSSR count). The summed E-state index contributed by atoms with van der Waals surface area (Å²) in [6, 6.07) is 12.2. The molecule has 28 heavy (non-hydrogen) atoms. The fourth-order valence-electron chi connectivity index (χ4n) is 3.77. The van der Waals surface area contributed by atoms with Crippen LogP contribution in [0.1, 0.15) is 42.3 Å². The molecule has 0 bridgehead atoms. The molecule has 0 radical (unpaired) electrons. The van der Waals surface area contributed by atoms with Gasteiger partial charge in [-0.3, -0.25) is 9.59 Å². The normalized spacial score (nSPS) is 16.1. The molecule has 1 aromatic heterocycles. The maximum absolute atomic E-state index is 13.3. The molecule has 4 nitrogen and oxygen atoms in total. The molecule has 0 N–H and O–H groups in total. The van der Waals surface area contributed by atoms with Gasteiger partial charge in [-0.05, 0) is 34.9 Å². The van der Waals surface area contributed by atoms with Gasteiger partial charge in [0.1, 0.15) is 0 Å².